The molecular formula is C24H17F6N3O4S. The van der Waals surface area contributed by atoms with Crippen LogP contribution in [0.1, 0.15) is 19.4 Å². The van der Waals surface area contributed by atoms with E-state index in [0.29, 0.717) is 21.4 Å². The van der Waals surface area contributed by atoms with Crippen molar-refractivity contribution in [2.75, 3.05) is 4.90 Å². The van der Waals surface area contributed by atoms with Crippen LogP contribution in [0.3, 0.4) is 0 Å². The molecule has 1 aromatic heterocycles. The zero-order valence-corrected chi connectivity index (χ0v) is 20.3. The molecule has 1 aliphatic rings. The summed E-state index contributed by atoms with van der Waals surface area (Å²) in [5, 5.41) is 0.598. The third kappa shape index (κ3) is 5.12. The summed E-state index contributed by atoms with van der Waals surface area (Å²) < 4.78 is 77.3. The number of pyridine rings is 1. The summed E-state index contributed by atoms with van der Waals surface area (Å²) in [6.07, 6.45) is -4.06. The molecule has 38 heavy (non-hydrogen) atoms. The number of alkyl halides is 6. The molecule has 1 unspecified atom stereocenters. The van der Waals surface area contributed by atoms with E-state index in [1.807, 2.05) is 0 Å². The van der Waals surface area contributed by atoms with Crippen LogP contribution >= 0.6 is 11.8 Å². The highest BCUT2D eigenvalue weighted by atomic mass is 32.2. The van der Waals surface area contributed by atoms with E-state index in [1.165, 1.54) is 26.1 Å². The average Bonchev–Trinajstić information content (AvgIpc) is 3.07. The van der Waals surface area contributed by atoms with E-state index < -0.39 is 52.8 Å². The number of benzene rings is 2. The van der Waals surface area contributed by atoms with Crippen LogP contribution in [0.4, 0.5) is 36.8 Å². The second-order valence-corrected chi connectivity index (χ2v) is 9.84. The largest absolute Gasteiger partial charge is 0.493 e. The van der Waals surface area contributed by atoms with Gasteiger partial charge in [0.25, 0.3) is 5.91 Å². The minimum atomic E-state index is -5.48. The van der Waals surface area contributed by atoms with E-state index in [4.69, 9.17) is 0 Å². The van der Waals surface area contributed by atoms with Crippen molar-refractivity contribution in [3.8, 4) is 0 Å². The van der Waals surface area contributed by atoms with Gasteiger partial charge in [0.05, 0.1) is 11.2 Å². The van der Waals surface area contributed by atoms with Crippen LogP contribution in [0.25, 0.3) is 10.9 Å². The van der Waals surface area contributed by atoms with Crippen molar-refractivity contribution in [1.82, 2.24) is 10.0 Å². The molecule has 1 atom stereocenters. The summed E-state index contributed by atoms with van der Waals surface area (Å²) in [4.78, 5) is 47.4. The van der Waals surface area contributed by atoms with Gasteiger partial charge in [-0.05, 0) is 53.7 Å². The number of anilines is 1. The Kier molecular flexibility index (Phi) is 6.80. The molecule has 200 valence electrons. The third-order valence-electron chi connectivity index (χ3n) is 5.84. The number of hydrogen-bond acceptors (Lipinski definition) is 6. The Balaban J connectivity index is 1.79. The second kappa shape index (κ2) is 9.49. The number of thioether (sulfide) groups is 1. The Morgan fingerprint density at radius 2 is 1.58 bits per heavy atom. The first-order valence-corrected chi connectivity index (χ1v) is 11.6. The van der Waals surface area contributed by atoms with Crippen molar-refractivity contribution in [2.45, 2.75) is 41.9 Å². The SMILES string of the molecule is CC(C)(c1ccnc2ccccc12)C1C(=O)N(c2ccc(SC(F)(F)F)cc2)C(=O)N1OC(=O)C(F)(F)F. The van der Waals surface area contributed by atoms with Crippen molar-refractivity contribution in [1.29, 1.82) is 0 Å². The lowest BCUT2D eigenvalue weighted by Gasteiger charge is -2.34. The second-order valence-electron chi connectivity index (χ2n) is 8.70. The van der Waals surface area contributed by atoms with Crippen LogP contribution in [0, 0.1) is 0 Å². The van der Waals surface area contributed by atoms with Gasteiger partial charge >= 0.3 is 23.7 Å². The van der Waals surface area contributed by atoms with Crippen LogP contribution in [0.5, 0.6) is 0 Å². The predicted octanol–water partition coefficient (Wildman–Crippen LogP) is 5.98. The number of amides is 3. The zero-order valence-electron chi connectivity index (χ0n) is 19.5. The average molecular weight is 557 g/mol. The Morgan fingerprint density at radius 1 is 0.947 bits per heavy atom. The summed E-state index contributed by atoms with van der Waals surface area (Å²) in [6, 6.07) is 9.12. The first-order chi connectivity index (χ1) is 17.6. The number of carbonyl (C=O) groups is 3. The van der Waals surface area contributed by atoms with Gasteiger partial charge in [-0.2, -0.15) is 26.3 Å². The molecular weight excluding hydrogens is 540 g/mol. The summed E-state index contributed by atoms with van der Waals surface area (Å²) in [5.74, 6) is -3.77. The van der Waals surface area contributed by atoms with E-state index in [1.54, 1.807) is 24.3 Å². The Bertz CT molecular complexity index is 1400. The number of para-hydroxylation sites is 1. The van der Waals surface area contributed by atoms with Crippen molar-refractivity contribution in [2.24, 2.45) is 0 Å². The van der Waals surface area contributed by atoms with E-state index in [-0.39, 0.29) is 15.6 Å². The van der Waals surface area contributed by atoms with Gasteiger partial charge in [-0.15, -0.1) is 5.06 Å². The van der Waals surface area contributed by atoms with Crippen LogP contribution in [-0.2, 0) is 19.8 Å². The van der Waals surface area contributed by atoms with Crippen molar-refractivity contribution in [3.63, 3.8) is 0 Å². The number of aromatic nitrogens is 1. The van der Waals surface area contributed by atoms with Gasteiger partial charge in [-0.25, -0.2) is 14.5 Å². The van der Waals surface area contributed by atoms with Crippen LogP contribution in [-0.4, -0.2) is 45.7 Å². The van der Waals surface area contributed by atoms with Gasteiger partial charge in [-0.3, -0.25) is 9.78 Å². The van der Waals surface area contributed by atoms with Gasteiger partial charge in [-0.1, -0.05) is 32.0 Å². The molecule has 4 rings (SSSR count). The zero-order chi connectivity index (χ0) is 28.0. The number of fused-ring (bicyclic) bond motifs is 1. The summed E-state index contributed by atoms with van der Waals surface area (Å²) >= 11 is -0.431. The molecule has 2 heterocycles. The lowest BCUT2D eigenvalue weighted by Crippen LogP contribution is -2.50. The normalized spacial score (nSPS) is 16.9. The molecule has 7 nitrogen and oxygen atoms in total. The molecule has 0 aliphatic carbocycles. The number of rotatable bonds is 5. The van der Waals surface area contributed by atoms with E-state index in [0.717, 1.165) is 24.3 Å². The fraction of sp³-hybridized carbons (Fsp3) is 0.250. The maximum absolute atomic E-state index is 13.6. The molecule has 0 saturated carbocycles. The van der Waals surface area contributed by atoms with Gasteiger partial charge in [0.2, 0.25) is 0 Å². The smallest absolute Gasteiger partial charge is 0.327 e. The first kappa shape index (κ1) is 27.2. The van der Waals surface area contributed by atoms with Gasteiger partial charge in [0.15, 0.2) is 6.04 Å². The molecule has 3 amide bonds. The Labute approximate surface area is 215 Å². The number of nitrogens with zero attached hydrogens (tertiary/aromatic N) is 3. The first-order valence-electron chi connectivity index (χ1n) is 10.8. The van der Waals surface area contributed by atoms with E-state index >= 15 is 0 Å². The maximum Gasteiger partial charge on any atom is 0.493 e. The quantitative estimate of drug-likeness (QED) is 0.218. The molecule has 0 bridgehead atoms. The highest BCUT2D eigenvalue weighted by Crippen LogP contribution is 2.42. The van der Waals surface area contributed by atoms with E-state index in [2.05, 4.69) is 9.82 Å². The van der Waals surface area contributed by atoms with Crippen LogP contribution in [0.15, 0.2) is 65.7 Å². The molecule has 3 aromatic rings. The minimum Gasteiger partial charge on any atom is -0.327 e. The molecule has 0 N–H and O–H groups in total. The lowest BCUT2D eigenvalue weighted by atomic mass is 9.76. The number of hydroxylamine groups is 2. The van der Waals surface area contributed by atoms with E-state index in [9.17, 15) is 40.7 Å². The van der Waals surface area contributed by atoms with Gasteiger partial charge in [0.1, 0.15) is 0 Å². The van der Waals surface area contributed by atoms with Crippen molar-refractivity contribution in [3.05, 3.63) is 66.4 Å². The Hall–Kier alpha value is -3.81. The summed E-state index contributed by atoms with van der Waals surface area (Å²) in [7, 11) is 0. The summed E-state index contributed by atoms with van der Waals surface area (Å²) in [6.45, 7) is 2.96. The monoisotopic (exact) mass is 557 g/mol. The summed E-state index contributed by atoms with van der Waals surface area (Å²) in [5.41, 5.74) is -5.34. The third-order valence-corrected chi connectivity index (χ3v) is 6.58. The minimum absolute atomic E-state index is 0.0612. The van der Waals surface area contributed by atoms with Crippen LogP contribution in [0.2, 0.25) is 0 Å². The predicted molar refractivity (Wildman–Crippen MR) is 124 cm³/mol. The number of halogens is 6. The highest BCUT2D eigenvalue weighted by molar-refractivity contribution is 8.00. The standard InChI is InChI=1S/C24H17F6N3O4S/c1-22(2,16-11-12-31-17-6-4-3-5-15(16)17)18-19(34)32(21(36)33(18)37-20(35)23(25,26)27)13-7-9-14(10-8-13)38-24(28,29)30/h3-12,18H,1-2H3. The molecule has 0 spiro atoms. The number of hydrogen-bond donors (Lipinski definition) is 0. The number of urea groups is 1. The molecule has 0 radical (unpaired) electrons. The Morgan fingerprint density at radius 3 is 2.18 bits per heavy atom. The fourth-order valence-corrected chi connectivity index (χ4v) is 4.74. The lowest BCUT2D eigenvalue weighted by molar-refractivity contribution is -0.232. The molecule has 1 saturated heterocycles. The fourth-order valence-electron chi connectivity index (χ4n) is 4.20. The van der Waals surface area contributed by atoms with Crippen molar-refractivity contribution < 1.29 is 45.6 Å². The maximum atomic E-state index is 13.6. The highest BCUT2D eigenvalue weighted by Gasteiger charge is 2.57. The molecule has 1 aliphatic heterocycles. The number of carbonyl (C=O) groups excluding carboxylic acids is 3. The van der Waals surface area contributed by atoms with Gasteiger partial charge in [0, 0.05) is 21.9 Å². The molecule has 14 heteroatoms. The molecule has 2 aromatic carbocycles. The van der Waals surface area contributed by atoms with Gasteiger partial charge < -0.3 is 4.84 Å². The topological polar surface area (TPSA) is 79.8 Å². The molecule has 1 fully saturated rings. The number of imide groups is 1. The van der Waals surface area contributed by atoms with Crippen molar-refractivity contribution >= 4 is 46.3 Å². The van der Waals surface area contributed by atoms with Crippen LogP contribution < -0.4 is 4.90 Å².